The molecule has 0 N–H and O–H groups in total. The lowest BCUT2D eigenvalue weighted by molar-refractivity contribution is 0.0793. The number of nitrogens with zero attached hydrogens (tertiary/aromatic N) is 1. The van der Waals surface area contributed by atoms with Crippen molar-refractivity contribution in [2.75, 3.05) is 18.9 Å². The van der Waals surface area contributed by atoms with Crippen molar-refractivity contribution in [2.24, 2.45) is 0 Å². The fourth-order valence-corrected chi connectivity index (χ4v) is 2.89. The van der Waals surface area contributed by atoms with Crippen LogP contribution in [-0.2, 0) is 0 Å². The Morgan fingerprint density at radius 2 is 2.19 bits per heavy atom. The van der Waals surface area contributed by atoms with E-state index in [1.165, 1.54) is 6.42 Å². The molecule has 2 nitrogen and oxygen atoms in total. The van der Waals surface area contributed by atoms with Crippen molar-refractivity contribution in [3.8, 4) is 0 Å². The minimum atomic E-state index is 0.112. The first-order valence-electron chi connectivity index (χ1n) is 5.20. The zero-order valence-corrected chi connectivity index (χ0v) is 13.2. The van der Waals surface area contributed by atoms with Gasteiger partial charge in [-0.3, -0.25) is 4.79 Å². The number of carbonyl (C=O) groups excluding carboxylic acids is 1. The van der Waals surface area contributed by atoms with Crippen molar-refractivity contribution in [3.05, 3.63) is 20.8 Å². The number of amides is 1. The molecule has 0 atom stereocenters. The second-order valence-electron chi connectivity index (χ2n) is 3.62. The SMILES string of the molecule is CN(CCCCCBr)C(=O)c1csc(Br)c1. The van der Waals surface area contributed by atoms with Gasteiger partial charge in [-0.15, -0.1) is 11.3 Å². The lowest BCUT2D eigenvalue weighted by Crippen LogP contribution is -2.27. The van der Waals surface area contributed by atoms with E-state index in [4.69, 9.17) is 0 Å². The molecule has 0 spiro atoms. The molecular weight excluding hydrogens is 354 g/mol. The molecule has 1 heterocycles. The van der Waals surface area contributed by atoms with Crippen LogP contribution in [0.4, 0.5) is 0 Å². The van der Waals surface area contributed by atoms with Crippen molar-refractivity contribution in [1.29, 1.82) is 0 Å². The van der Waals surface area contributed by atoms with Gasteiger partial charge in [-0.25, -0.2) is 0 Å². The van der Waals surface area contributed by atoms with E-state index < -0.39 is 0 Å². The van der Waals surface area contributed by atoms with Crippen LogP contribution in [0.1, 0.15) is 29.6 Å². The molecule has 5 heteroatoms. The predicted molar refractivity (Wildman–Crippen MR) is 76.6 cm³/mol. The van der Waals surface area contributed by atoms with Crippen LogP contribution < -0.4 is 0 Å². The maximum Gasteiger partial charge on any atom is 0.254 e. The molecule has 0 saturated carbocycles. The molecule has 0 saturated heterocycles. The van der Waals surface area contributed by atoms with Crippen LogP contribution in [0.25, 0.3) is 0 Å². The molecule has 1 amide bonds. The Bertz CT molecular complexity index is 340. The van der Waals surface area contributed by atoms with Crippen LogP contribution in [0.3, 0.4) is 0 Å². The van der Waals surface area contributed by atoms with E-state index in [0.717, 1.165) is 34.1 Å². The normalized spacial score (nSPS) is 10.4. The topological polar surface area (TPSA) is 20.3 Å². The minimum Gasteiger partial charge on any atom is -0.342 e. The van der Waals surface area contributed by atoms with Crippen LogP contribution >= 0.6 is 43.2 Å². The van der Waals surface area contributed by atoms with Crippen molar-refractivity contribution in [2.45, 2.75) is 19.3 Å². The molecule has 0 fully saturated rings. The molecule has 0 aliphatic rings. The Labute approximate surface area is 117 Å². The second-order valence-corrected chi connectivity index (χ2v) is 6.70. The lowest BCUT2D eigenvalue weighted by atomic mass is 10.2. The summed E-state index contributed by atoms with van der Waals surface area (Å²) in [7, 11) is 1.86. The van der Waals surface area contributed by atoms with Gasteiger partial charge in [-0.1, -0.05) is 22.4 Å². The van der Waals surface area contributed by atoms with Crippen LogP contribution in [0.2, 0.25) is 0 Å². The van der Waals surface area contributed by atoms with Gasteiger partial charge >= 0.3 is 0 Å². The van der Waals surface area contributed by atoms with E-state index in [-0.39, 0.29) is 5.91 Å². The Morgan fingerprint density at radius 1 is 1.44 bits per heavy atom. The standard InChI is InChI=1S/C11H15Br2NOS/c1-14(6-4-2-3-5-12)11(15)9-7-10(13)16-8-9/h7-8H,2-6H2,1H3. The van der Waals surface area contributed by atoms with Gasteiger partial charge < -0.3 is 4.90 Å². The summed E-state index contributed by atoms with van der Waals surface area (Å²) < 4.78 is 1.00. The third-order valence-corrected chi connectivity index (χ3v) is 4.35. The molecule has 0 aliphatic heterocycles. The second kappa shape index (κ2) is 7.45. The molecule has 0 radical (unpaired) electrons. The van der Waals surface area contributed by atoms with E-state index in [0.29, 0.717) is 0 Å². The molecule has 1 rings (SSSR count). The van der Waals surface area contributed by atoms with Gasteiger partial charge in [0.05, 0.1) is 9.35 Å². The number of alkyl halides is 1. The summed E-state index contributed by atoms with van der Waals surface area (Å²) in [5, 5.41) is 2.93. The highest BCUT2D eigenvalue weighted by atomic mass is 79.9. The molecular formula is C11H15Br2NOS. The van der Waals surface area contributed by atoms with Gasteiger partial charge in [0, 0.05) is 24.3 Å². The van der Waals surface area contributed by atoms with Crippen LogP contribution in [0, 0.1) is 0 Å². The molecule has 90 valence electrons. The molecule has 0 unspecified atom stereocenters. The molecule has 1 aromatic rings. The Morgan fingerprint density at radius 3 is 2.75 bits per heavy atom. The van der Waals surface area contributed by atoms with E-state index in [1.807, 2.05) is 18.5 Å². The van der Waals surface area contributed by atoms with Crippen molar-refractivity contribution in [3.63, 3.8) is 0 Å². The number of unbranched alkanes of at least 4 members (excludes halogenated alkanes) is 2. The summed E-state index contributed by atoms with van der Waals surface area (Å²) in [6.07, 6.45) is 3.40. The number of hydrogen-bond acceptors (Lipinski definition) is 2. The zero-order valence-electron chi connectivity index (χ0n) is 9.21. The highest BCUT2D eigenvalue weighted by molar-refractivity contribution is 9.11. The smallest absolute Gasteiger partial charge is 0.254 e. The van der Waals surface area contributed by atoms with Crippen molar-refractivity contribution >= 4 is 49.1 Å². The molecule has 0 aromatic carbocycles. The highest BCUT2D eigenvalue weighted by Crippen LogP contribution is 2.21. The van der Waals surface area contributed by atoms with E-state index >= 15 is 0 Å². The quantitative estimate of drug-likeness (QED) is 0.545. The fraction of sp³-hybridized carbons (Fsp3) is 0.545. The first-order chi connectivity index (χ1) is 7.65. The summed E-state index contributed by atoms with van der Waals surface area (Å²) in [6.45, 7) is 0.833. The summed E-state index contributed by atoms with van der Waals surface area (Å²) in [5.41, 5.74) is 0.778. The van der Waals surface area contributed by atoms with Gasteiger partial charge in [0.1, 0.15) is 0 Å². The Balaban J connectivity index is 2.36. The average Bonchev–Trinajstić information content (AvgIpc) is 2.70. The van der Waals surface area contributed by atoms with Crippen LogP contribution in [-0.4, -0.2) is 29.7 Å². The van der Waals surface area contributed by atoms with Crippen molar-refractivity contribution < 1.29 is 4.79 Å². The number of thiophene rings is 1. The van der Waals surface area contributed by atoms with E-state index in [1.54, 1.807) is 16.2 Å². The molecule has 0 aliphatic carbocycles. The largest absolute Gasteiger partial charge is 0.342 e. The first kappa shape index (κ1) is 14.2. The summed E-state index contributed by atoms with van der Waals surface area (Å²) in [4.78, 5) is 13.7. The number of halogens is 2. The predicted octanol–water partition coefficient (Wildman–Crippen LogP) is 4.15. The van der Waals surface area contributed by atoms with Crippen LogP contribution in [0.15, 0.2) is 15.2 Å². The summed E-state index contributed by atoms with van der Waals surface area (Å²) in [6, 6.07) is 1.88. The molecule has 1 aromatic heterocycles. The Kier molecular flexibility index (Phi) is 6.61. The van der Waals surface area contributed by atoms with E-state index in [9.17, 15) is 4.79 Å². The fourth-order valence-electron chi connectivity index (χ4n) is 1.36. The summed E-state index contributed by atoms with van der Waals surface area (Å²) in [5.74, 6) is 0.112. The van der Waals surface area contributed by atoms with Gasteiger partial charge in [0.15, 0.2) is 0 Å². The third kappa shape index (κ3) is 4.55. The van der Waals surface area contributed by atoms with Crippen molar-refractivity contribution in [1.82, 2.24) is 4.90 Å². The molecule has 16 heavy (non-hydrogen) atoms. The average molecular weight is 369 g/mol. The first-order valence-corrected chi connectivity index (χ1v) is 8.00. The molecule has 0 bridgehead atoms. The van der Waals surface area contributed by atoms with Gasteiger partial charge in [-0.05, 0) is 34.8 Å². The minimum absolute atomic E-state index is 0.112. The van der Waals surface area contributed by atoms with Crippen LogP contribution in [0.5, 0.6) is 0 Å². The maximum atomic E-state index is 11.9. The van der Waals surface area contributed by atoms with Gasteiger partial charge in [0.25, 0.3) is 5.91 Å². The van der Waals surface area contributed by atoms with Gasteiger partial charge in [-0.2, -0.15) is 0 Å². The van der Waals surface area contributed by atoms with Gasteiger partial charge in [0.2, 0.25) is 0 Å². The third-order valence-electron chi connectivity index (χ3n) is 2.29. The number of carbonyl (C=O) groups is 1. The maximum absolute atomic E-state index is 11.9. The monoisotopic (exact) mass is 367 g/mol. The summed E-state index contributed by atoms with van der Waals surface area (Å²) >= 11 is 8.31. The number of rotatable bonds is 6. The Hall–Kier alpha value is 0.130. The number of hydrogen-bond donors (Lipinski definition) is 0. The van der Waals surface area contributed by atoms with E-state index in [2.05, 4.69) is 31.9 Å². The zero-order chi connectivity index (χ0) is 12.0. The highest BCUT2D eigenvalue weighted by Gasteiger charge is 2.12. The lowest BCUT2D eigenvalue weighted by Gasteiger charge is -2.15.